The molecule has 1 unspecified atom stereocenters. The normalized spacial score (nSPS) is 17.4. The lowest BCUT2D eigenvalue weighted by atomic mass is 9.93. The Kier molecular flexibility index (Phi) is 6.77. The molecule has 1 aliphatic rings. The number of aliphatic hydroxyl groups is 1. The molecule has 34 heavy (non-hydrogen) atoms. The van der Waals surface area contributed by atoms with Crippen molar-refractivity contribution in [1.29, 1.82) is 0 Å². The fourth-order valence-electron chi connectivity index (χ4n) is 4.03. The third-order valence-electron chi connectivity index (χ3n) is 5.86. The van der Waals surface area contributed by atoms with E-state index in [1.165, 1.54) is 4.90 Å². The predicted octanol–water partition coefficient (Wildman–Crippen LogP) is 5.62. The molecule has 6 nitrogen and oxygen atoms in total. The number of nitrogens with zero attached hydrogens (tertiary/aromatic N) is 2. The Labute approximate surface area is 199 Å². The Balaban J connectivity index is 1.83. The van der Waals surface area contributed by atoms with Crippen LogP contribution in [0.1, 0.15) is 55.8 Å². The van der Waals surface area contributed by atoms with Gasteiger partial charge >= 0.3 is 5.91 Å². The molecule has 6 heteroatoms. The van der Waals surface area contributed by atoms with Crippen molar-refractivity contribution in [3.63, 3.8) is 0 Å². The number of hydrogen-bond acceptors (Lipinski definition) is 5. The second-order valence-electron chi connectivity index (χ2n) is 8.55. The molecule has 0 bridgehead atoms. The molecule has 1 aromatic heterocycles. The van der Waals surface area contributed by atoms with Crippen LogP contribution >= 0.6 is 0 Å². The minimum absolute atomic E-state index is 0.0372. The minimum Gasteiger partial charge on any atom is -0.507 e. The number of pyridine rings is 1. The molecule has 1 saturated heterocycles. The average molecular weight is 457 g/mol. The summed E-state index contributed by atoms with van der Waals surface area (Å²) in [5, 5.41) is 11.2. The molecule has 0 aliphatic carbocycles. The number of amides is 1. The number of hydrogen-bond donors (Lipinski definition) is 1. The highest BCUT2D eigenvalue weighted by atomic mass is 16.5. The molecule has 1 amide bonds. The van der Waals surface area contributed by atoms with Crippen LogP contribution in [0.15, 0.2) is 78.5 Å². The van der Waals surface area contributed by atoms with Crippen LogP contribution in [0.4, 0.5) is 5.82 Å². The summed E-state index contributed by atoms with van der Waals surface area (Å²) in [5.41, 5.74) is 2.33. The molecule has 0 radical (unpaired) electrons. The van der Waals surface area contributed by atoms with Crippen LogP contribution in [0.5, 0.6) is 5.75 Å². The molecule has 2 aromatic carbocycles. The van der Waals surface area contributed by atoms with Crippen LogP contribution in [0.3, 0.4) is 0 Å². The molecule has 1 fully saturated rings. The zero-order valence-electron chi connectivity index (χ0n) is 19.6. The summed E-state index contributed by atoms with van der Waals surface area (Å²) in [4.78, 5) is 32.0. The largest absolute Gasteiger partial charge is 0.507 e. The van der Waals surface area contributed by atoms with E-state index in [4.69, 9.17) is 4.74 Å². The van der Waals surface area contributed by atoms with E-state index in [1.807, 2.05) is 31.2 Å². The maximum absolute atomic E-state index is 13.2. The predicted molar refractivity (Wildman–Crippen MR) is 132 cm³/mol. The molecule has 4 rings (SSSR count). The monoisotopic (exact) mass is 456 g/mol. The number of carbonyl (C=O) groups excluding carboxylic acids is 2. The van der Waals surface area contributed by atoms with Gasteiger partial charge in [-0.25, -0.2) is 4.98 Å². The highest BCUT2D eigenvalue weighted by Gasteiger charge is 2.47. The molecular weight excluding hydrogens is 428 g/mol. The zero-order valence-corrected chi connectivity index (χ0v) is 19.6. The zero-order chi connectivity index (χ0) is 24.2. The molecule has 1 aliphatic heterocycles. The summed E-state index contributed by atoms with van der Waals surface area (Å²) in [6, 6.07) is 19.0. The number of ketones is 1. The van der Waals surface area contributed by atoms with Gasteiger partial charge in [0, 0.05) is 11.8 Å². The Morgan fingerprint density at radius 1 is 1.03 bits per heavy atom. The van der Waals surface area contributed by atoms with Crippen LogP contribution < -0.4 is 9.64 Å². The lowest BCUT2D eigenvalue weighted by Gasteiger charge is -2.24. The SMILES string of the molecule is CCCOc1ccc(/C(O)=C2\C(=O)C(=O)N(c3ccccn3)C2c2ccc(C(C)C)cc2)cc1. The summed E-state index contributed by atoms with van der Waals surface area (Å²) in [5.74, 6) is -0.326. The highest BCUT2D eigenvalue weighted by molar-refractivity contribution is 6.51. The average Bonchev–Trinajstić information content (AvgIpc) is 3.13. The van der Waals surface area contributed by atoms with Gasteiger partial charge in [0.1, 0.15) is 17.3 Å². The summed E-state index contributed by atoms with van der Waals surface area (Å²) in [6.45, 7) is 6.81. The van der Waals surface area contributed by atoms with Crippen LogP contribution in [-0.2, 0) is 9.59 Å². The molecule has 3 aromatic rings. The van der Waals surface area contributed by atoms with E-state index < -0.39 is 17.7 Å². The van der Waals surface area contributed by atoms with E-state index in [9.17, 15) is 14.7 Å². The van der Waals surface area contributed by atoms with E-state index in [0.717, 1.165) is 17.5 Å². The van der Waals surface area contributed by atoms with Crippen molar-refractivity contribution in [1.82, 2.24) is 4.98 Å². The number of benzene rings is 2. The number of aromatic nitrogens is 1. The maximum atomic E-state index is 13.2. The number of aliphatic hydroxyl groups excluding tert-OH is 1. The van der Waals surface area contributed by atoms with Gasteiger partial charge in [-0.3, -0.25) is 14.5 Å². The van der Waals surface area contributed by atoms with E-state index in [0.29, 0.717) is 29.7 Å². The summed E-state index contributed by atoms with van der Waals surface area (Å²) in [6.07, 6.45) is 2.46. The van der Waals surface area contributed by atoms with Crippen LogP contribution in [0.25, 0.3) is 5.76 Å². The van der Waals surface area contributed by atoms with E-state index in [-0.39, 0.29) is 11.3 Å². The number of rotatable bonds is 7. The number of ether oxygens (including phenoxy) is 1. The maximum Gasteiger partial charge on any atom is 0.301 e. The van der Waals surface area contributed by atoms with Crippen molar-refractivity contribution in [2.24, 2.45) is 0 Å². The molecule has 0 saturated carbocycles. The Morgan fingerprint density at radius 2 is 1.74 bits per heavy atom. The van der Waals surface area contributed by atoms with Gasteiger partial charge in [-0.15, -0.1) is 0 Å². The molecule has 2 heterocycles. The standard InChI is InChI=1S/C28H28N2O4/c1-4-17-34-22-14-12-21(13-15-22)26(31)24-25(20-10-8-19(9-11-20)18(2)3)30(28(33)27(24)32)23-7-5-6-16-29-23/h5-16,18,25,31H,4,17H2,1-3H3/b26-24+. The van der Waals surface area contributed by atoms with Crippen molar-refractivity contribution in [2.45, 2.75) is 39.2 Å². The third kappa shape index (κ3) is 4.44. The molecular formula is C28H28N2O4. The van der Waals surface area contributed by atoms with Gasteiger partial charge in [0.2, 0.25) is 0 Å². The van der Waals surface area contributed by atoms with Gasteiger partial charge < -0.3 is 9.84 Å². The Morgan fingerprint density at radius 3 is 2.32 bits per heavy atom. The number of anilines is 1. The Bertz CT molecular complexity index is 1200. The third-order valence-corrected chi connectivity index (χ3v) is 5.86. The number of Topliss-reactive ketones (excluding diaryl/α,β-unsaturated/α-hetero) is 1. The van der Waals surface area contributed by atoms with Crippen molar-refractivity contribution in [3.05, 3.63) is 95.2 Å². The van der Waals surface area contributed by atoms with Gasteiger partial charge in [0.15, 0.2) is 0 Å². The molecule has 1 atom stereocenters. The quantitative estimate of drug-likeness (QED) is 0.284. The fourth-order valence-corrected chi connectivity index (χ4v) is 4.03. The first-order valence-electron chi connectivity index (χ1n) is 11.5. The van der Waals surface area contributed by atoms with Gasteiger partial charge in [0.25, 0.3) is 5.78 Å². The lowest BCUT2D eigenvalue weighted by molar-refractivity contribution is -0.132. The van der Waals surface area contributed by atoms with Gasteiger partial charge in [-0.2, -0.15) is 0 Å². The molecule has 0 spiro atoms. The first-order chi connectivity index (χ1) is 16.4. The Hall–Kier alpha value is -3.93. The second kappa shape index (κ2) is 9.91. The summed E-state index contributed by atoms with van der Waals surface area (Å²) in [7, 11) is 0. The van der Waals surface area contributed by atoms with Crippen molar-refractivity contribution < 1.29 is 19.4 Å². The smallest absolute Gasteiger partial charge is 0.301 e. The highest BCUT2D eigenvalue weighted by Crippen LogP contribution is 2.41. The van der Waals surface area contributed by atoms with Gasteiger partial charge in [0.05, 0.1) is 18.2 Å². The van der Waals surface area contributed by atoms with Crippen molar-refractivity contribution >= 4 is 23.3 Å². The van der Waals surface area contributed by atoms with E-state index >= 15 is 0 Å². The minimum atomic E-state index is -0.799. The first-order valence-corrected chi connectivity index (χ1v) is 11.5. The van der Waals surface area contributed by atoms with Crippen molar-refractivity contribution in [2.75, 3.05) is 11.5 Å². The number of carbonyl (C=O) groups is 2. The van der Waals surface area contributed by atoms with Crippen molar-refractivity contribution in [3.8, 4) is 5.75 Å². The summed E-state index contributed by atoms with van der Waals surface area (Å²) < 4.78 is 5.61. The van der Waals surface area contributed by atoms with Gasteiger partial charge in [-0.1, -0.05) is 51.1 Å². The fraction of sp³-hybridized carbons (Fsp3) is 0.250. The topological polar surface area (TPSA) is 79.7 Å². The second-order valence-corrected chi connectivity index (χ2v) is 8.55. The lowest BCUT2D eigenvalue weighted by Crippen LogP contribution is -2.30. The molecule has 174 valence electrons. The van der Waals surface area contributed by atoms with Crippen LogP contribution in [0.2, 0.25) is 0 Å². The molecule has 1 N–H and O–H groups in total. The van der Waals surface area contributed by atoms with Crippen LogP contribution in [0, 0.1) is 0 Å². The van der Waals surface area contributed by atoms with E-state index in [1.54, 1.807) is 48.7 Å². The van der Waals surface area contributed by atoms with Gasteiger partial charge in [-0.05, 0) is 59.9 Å². The first kappa shape index (κ1) is 23.2. The van der Waals surface area contributed by atoms with E-state index in [2.05, 4.69) is 18.8 Å². The van der Waals surface area contributed by atoms with Crippen LogP contribution in [-0.4, -0.2) is 28.4 Å². The summed E-state index contributed by atoms with van der Waals surface area (Å²) >= 11 is 0.